The number of aromatic hydroxyl groups is 1. The lowest BCUT2D eigenvalue weighted by Crippen LogP contribution is -2.58. The van der Waals surface area contributed by atoms with Crippen molar-refractivity contribution in [2.24, 2.45) is 11.7 Å². The summed E-state index contributed by atoms with van der Waals surface area (Å²) in [5.41, 5.74) is 6.68. The zero-order valence-corrected chi connectivity index (χ0v) is 21.9. The van der Waals surface area contributed by atoms with Gasteiger partial charge in [0.1, 0.15) is 23.9 Å². The van der Waals surface area contributed by atoms with E-state index in [0.717, 1.165) is 5.75 Å². The number of phenolic OH excluding ortho intramolecular Hbond substituents is 1. The van der Waals surface area contributed by atoms with Crippen LogP contribution in [0.4, 0.5) is 0 Å². The van der Waals surface area contributed by atoms with Gasteiger partial charge in [0.15, 0.2) is 0 Å². The quantitative estimate of drug-likeness (QED) is 0.257. The van der Waals surface area contributed by atoms with Crippen LogP contribution in [-0.2, 0) is 25.6 Å². The number of carbonyl (C=O) groups is 4. The Balaban J connectivity index is 2.11. The minimum absolute atomic E-state index is 0.0152. The Morgan fingerprint density at radius 1 is 1.19 bits per heavy atom. The summed E-state index contributed by atoms with van der Waals surface area (Å²) >= 11 is 1.59. The maximum atomic E-state index is 13.2. The van der Waals surface area contributed by atoms with Gasteiger partial charge in [-0.25, -0.2) is 4.79 Å². The second kappa shape index (κ2) is 14.1. The molecule has 1 saturated heterocycles. The maximum Gasteiger partial charge on any atom is 0.326 e. The number of aliphatic carboxylic acids is 1. The number of phenols is 1. The summed E-state index contributed by atoms with van der Waals surface area (Å²) in [6, 6.07) is 2.47. The number of hydrogen-bond acceptors (Lipinski definition) is 7. The van der Waals surface area contributed by atoms with Gasteiger partial charge in [-0.05, 0) is 54.9 Å². The lowest BCUT2D eigenvalue weighted by molar-refractivity contribution is -0.143. The van der Waals surface area contributed by atoms with Crippen molar-refractivity contribution >= 4 is 35.5 Å². The van der Waals surface area contributed by atoms with Crippen molar-refractivity contribution in [3.8, 4) is 5.75 Å². The molecule has 5 unspecified atom stereocenters. The van der Waals surface area contributed by atoms with E-state index in [9.17, 15) is 29.4 Å². The summed E-state index contributed by atoms with van der Waals surface area (Å²) in [4.78, 5) is 52.6. The number of nitrogens with one attached hydrogen (secondary N) is 2. The second-order valence-electron chi connectivity index (χ2n) is 9.22. The predicted molar refractivity (Wildman–Crippen MR) is 138 cm³/mol. The van der Waals surface area contributed by atoms with Gasteiger partial charge in [-0.2, -0.15) is 11.8 Å². The summed E-state index contributed by atoms with van der Waals surface area (Å²) in [5.74, 6) is -2.00. The van der Waals surface area contributed by atoms with E-state index < -0.39 is 42.0 Å². The van der Waals surface area contributed by atoms with Crippen molar-refractivity contribution < 1.29 is 29.4 Å². The van der Waals surface area contributed by atoms with Crippen LogP contribution in [0.3, 0.4) is 0 Å². The first-order valence-corrected chi connectivity index (χ1v) is 13.6. The Kier molecular flexibility index (Phi) is 11.5. The van der Waals surface area contributed by atoms with Crippen molar-refractivity contribution in [1.29, 1.82) is 0 Å². The van der Waals surface area contributed by atoms with Gasteiger partial charge < -0.3 is 31.5 Å². The molecule has 0 aromatic heterocycles. The molecule has 6 N–H and O–H groups in total. The third kappa shape index (κ3) is 8.12. The van der Waals surface area contributed by atoms with E-state index in [1.54, 1.807) is 30.8 Å². The molecule has 5 atom stereocenters. The Morgan fingerprint density at radius 2 is 1.86 bits per heavy atom. The van der Waals surface area contributed by atoms with Gasteiger partial charge in [0.2, 0.25) is 17.7 Å². The highest BCUT2D eigenvalue weighted by atomic mass is 32.2. The third-order valence-electron chi connectivity index (χ3n) is 6.57. The van der Waals surface area contributed by atoms with E-state index in [2.05, 4.69) is 10.6 Å². The molecule has 0 bridgehead atoms. The number of nitrogens with two attached hydrogens (primary N) is 1. The molecule has 1 aromatic rings. The standard InChI is InChI=1S/C25H38N4O6S/c1-4-15(2)21(23(32)27-19(25(34)35)14-16-7-9-17(30)10-8-16)28-22(31)20-6-5-12-29(20)24(33)18(26)11-13-36-3/h7-10,15,18-21,30H,4-6,11-14,26H2,1-3H3,(H,27,32)(H,28,31)(H,34,35). The summed E-state index contributed by atoms with van der Waals surface area (Å²) < 4.78 is 0. The molecule has 1 aliphatic rings. The molecule has 11 heteroatoms. The Morgan fingerprint density at radius 3 is 2.44 bits per heavy atom. The van der Waals surface area contributed by atoms with Gasteiger partial charge in [0.25, 0.3) is 0 Å². The lowest BCUT2D eigenvalue weighted by Gasteiger charge is -2.30. The number of carbonyl (C=O) groups excluding carboxylic acids is 3. The monoisotopic (exact) mass is 522 g/mol. The van der Waals surface area contributed by atoms with Crippen LogP contribution < -0.4 is 16.4 Å². The van der Waals surface area contributed by atoms with E-state index in [4.69, 9.17) is 5.73 Å². The van der Waals surface area contributed by atoms with Gasteiger partial charge >= 0.3 is 5.97 Å². The highest BCUT2D eigenvalue weighted by Crippen LogP contribution is 2.20. The van der Waals surface area contributed by atoms with E-state index in [-0.39, 0.29) is 24.0 Å². The SMILES string of the molecule is CCC(C)C(NC(=O)C1CCCN1C(=O)C(N)CCSC)C(=O)NC(Cc1ccc(O)cc1)C(=O)O. The molecular weight excluding hydrogens is 484 g/mol. The van der Waals surface area contributed by atoms with Gasteiger partial charge in [-0.1, -0.05) is 32.4 Å². The van der Waals surface area contributed by atoms with Crippen LogP contribution in [0.25, 0.3) is 0 Å². The summed E-state index contributed by atoms with van der Waals surface area (Å²) in [5, 5.41) is 24.4. The summed E-state index contributed by atoms with van der Waals surface area (Å²) in [7, 11) is 0. The van der Waals surface area contributed by atoms with Crippen LogP contribution in [-0.4, -0.2) is 81.5 Å². The average Bonchev–Trinajstić information content (AvgIpc) is 3.35. The van der Waals surface area contributed by atoms with Crippen LogP contribution in [0.5, 0.6) is 5.75 Å². The minimum Gasteiger partial charge on any atom is -0.508 e. The number of amides is 3. The van der Waals surface area contributed by atoms with Crippen molar-refractivity contribution in [3.05, 3.63) is 29.8 Å². The topological polar surface area (TPSA) is 162 Å². The molecular formula is C25H38N4O6S. The van der Waals surface area contributed by atoms with Crippen LogP contribution in [0.1, 0.15) is 45.1 Å². The first-order valence-electron chi connectivity index (χ1n) is 12.2. The highest BCUT2D eigenvalue weighted by molar-refractivity contribution is 7.98. The molecule has 1 aromatic carbocycles. The molecule has 1 heterocycles. The fourth-order valence-corrected chi connectivity index (χ4v) is 4.65. The fraction of sp³-hybridized carbons (Fsp3) is 0.600. The summed E-state index contributed by atoms with van der Waals surface area (Å²) in [6.07, 6.45) is 4.17. The number of nitrogens with zero attached hydrogens (tertiary/aromatic N) is 1. The molecule has 3 amide bonds. The van der Waals surface area contributed by atoms with Crippen LogP contribution in [0.2, 0.25) is 0 Å². The number of rotatable bonds is 13. The number of carboxylic acids is 1. The van der Waals surface area contributed by atoms with Gasteiger partial charge in [0.05, 0.1) is 6.04 Å². The predicted octanol–water partition coefficient (Wildman–Crippen LogP) is 1.11. The molecule has 1 aliphatic heterocycles. The molecule has 0 spiro atoms. The van der Waals surface area contributed by atoms with Crippen LogP contribution >= 0.6 is 11.8 Å². The molecule has 200 valence electrons. The summed E-state index contributed by atoms with van der Waals surface area (Å²) in [6.45, 7) is 4.10. The van der Waals surface area contributed by atoms with E-state index in [1.165, 1.54) is 17.0 Å². The first-order chi connectivity index (χ1) is 17.1. The van der Waals surface area contributed by atoms with E-state index >= 15 is 0 Å². The normalized spacial score (nSPS) is 18.7. The van der Waals surface area contributed by atoms with Gasteiger partial charge in [-0.3, -0.25) is 14.4 Å². The van der Waals surface area contributed by atoms with E-state index in [0.29, 0.717) is 37.8 Å². The molecule has 10 nitrogen and oxygen atoms in total. The van der Waals surface area contributed by atoms with Crippen molar-refractivity contribution in [3.63, 3.8) is 0 Å². The van der Waals surface area contributed by atoms with Crippen LogP contribution in [0, 0.1) is 5.92 Å². The van der Waals surface area contributed by atoms with Crippen LogP contribution in [0.15, 0.2) is 24.3 Å². The molecule has 36 heavy (non-hydrogen) atoms. The Labute approximate surface area is 216 Å². The molecule has 0 aliphatic carbocycles. The highest BCUT2D eigenvalue weighted by Gasteiger charge is 2.38. The zero-order chi connectivity index (χ0) is 26.8. The first kappa shape index (κ1) is 29.4. The van der Waals surface area contributed by atoms with Crippen molar-refractivity contribution in [2.75, 3.05) is 18.6 Å². The third-order valence-corrected chi connectivity index (χ3v) is 7.22. The van der Waals surface area contributed by atoms with Gasteiger partial charge in [-0.15, -0.1) is 0 Å². The number of carboxylic acid groups (broad SMARTS) is 1. The average molecular weight is 523 g/mol. The smallest absolute Gasteiger partial charge is 0.326 e. The number of likely N-dealkylation sites (tertiary alicyclic amines) is 1. The molecule has 2 rings (SSSR count). The Bertz CT molecular complexity index is 912. The molecule has 1 fully saturated rings. The largest absolute Gasteiger partial charge is 0.508 e. The van der Waals surface area contributed by atoms with Gasteiger partial charge in [0, 0.05) is 13.0 Å². The lowest BCUT2D eigenvalue weighted by atomic mass is 9.96. The van der Waals surface area contributed by atoms with Crippen molar-refractivity contribution in [1.82, 2.24) is 15.5 Å². The fourth-order valence-electron chi connectivity index (χ4n) is 4.17. The van der Waals surface area contributed by atoms with E-state index in [1.807, 2.05) is 13.2 Å². The zero-order valence-electron chi connectivity index (χ0n) is 21.1. The van der Waals surface area contributed by atoms with Crippen molar-refractivity contribution in [2.45, 2.75) is 70.1 Å². The maximum absolute atomic E-state index is 13.2. The number of benzene rings is 1. The molecule has 0 radical (unpaired) electrons. The number of thioether (sulfide) groups is 1. The number of hydrogen-bond donors (Lipinski definition) is 5. The minimum atomic E-state index is -1.22. The molecule has 0 saturated carbocycles. The Hall–Kier alpha value is -2.79. The second-order valence-corrected chi connectivity index (χ2v) is 10.2.